The topological polar surface area (TPSA) is 39.1 Å². The monoisotopic (exact) mass is 275 g/mol. The van der Waals surface area contributed by atoms with Gasteiger partial charge < -0.3 is 4.57 Å². The number of rotatable bonds is 3. The number of aromatic nitrogens is 1. The normalized spacial score (nSPS) is 10.5. The molecule has 0 amide bonds. The zero-order chi connectivity index (χ0) is 14.0. The highest BCUT2D eigenvalue weighted by Crippen LogP contribution is 2.17. The van der Waals surface area contributed by atoms with Gasteiger partial charge in [-0.3, -0.25) is 9.59 Å². The lowest BCUT2D eigenvalue weighted by atomic mass is 10.1. The summed E-state index contributed by atoms with van der Waals surface area (Å²) in [5.74, 6) is 0. The predicted octanol–water partition coefficient (Wildman–Crippen LogP) is 3.09. The van der Waals surface area contributed by atoms with Crippen molar-refractivity contribution in [2.24, 2.45) is 0 Å². The van der Waals surface area contributed by atoms with Crippen molar-refractivity contribution in [3.8, 4) is 5.69 Å². The van der Waals surface area contributed by atoms with Crippen molar-refractivity contribution < 1.29 is 4.79 Å². The number of benzene rings is 1. The van der Waals surface area contributed by atoms with Crippen LogP contribution < -0.4 is 5.43 Å². The lowest BCUT2D eigenvalue weighted by Gasteiger charge is -2.15. The van der Waals surface area contributed by atoms with E-state index in [2.05, 4.69) is 6.92 Å². The van der Waals surface area contributed by atoms with Crippen LogP contribution in [0.4, 0.5) is 0 Å². The summed E-state index contributed by atoms with van der Waals surface area (Å²) in [4.78, 5) is 23.0. The molecule has 0 fully saturated rings. The average Bonchev–Trinajstić information content (AvgIpc) is 2.38. The Kier molecular flexibility index (Phi) is 3.86. The molecule has 0 radical (unpaired) electrons. The third-order valence-corrected chi connectivity index (χ3v) is 3.29. The second-order valence-corrected chi connectivity index (χ2v) is 4.66. The number of pyridine rings is 1. The fourth-order valence-electron chi connectivity index (χ4n) is 2.08. The van der Waals surface area contributed by atoms with Crippen molar-refractivity contribution in [2.75, 3.05) is 0 Å². The van der Waals surface area contributed by atoms with Gasteiger partial charge >= 0.3 is 0 Å². The fraction of sp³-hybridized carbons (Fsp3) is 0.200. The van der Waals surface area contributed by atoms with Gasteiger partial charge in [-0.2, -0.15) is 0 Å². The number of halogens is 1. The molecule has 0 saturated carbocycles. The maximum absolute atomic E-state index is 11.7. The van der Waals surface area contributed by atoms with Crippen LogP contribution in [0.15, 0.2) is 41.3 Å². The van der Waals surface area contributed by atoms with E-state index >= 15 is 0 Å². The molecule has 0 aliphatic heterocycles. The summed E-state index contributed by atoms with van der Waals surface area (Å²) in [5.41, 5.74) is 2.53. The number of para-hydroxylation sites is 1. The Morgan fingerprint density at radius 3 is 2.63 bits per heavy atom. The van der Waals surface area contributed by atoms with Gasteiger partial charge in [0, 0.05) is 23.6 Å². The maximum atomic E-state index is 11.7. The summed E-state index contributed by atoms with van der Waals surface area (Å²) < 4.78 is 1.83. The lowest BCUT2D eigenvalue weighted by Crippen LogP contribution is -2.16. The Hall–Kier alpha value is -1.87. The molecule has 0 saturated heterocycles. The van der Waals surface area contributed by atoms with Crippen LogP contribution in [0.25, 0.3) is 5.69 Å². The lowest BCUT2D eigenvalue weighted by molar-refractivity contribution is 0.108. The molecule has 3 nitrogen and oxygen atoms in total. The van der Waals surface area contributed by atoms with E-state index in [1.807, 2.05) is 35.8 Å². The summed E-state index contributed by atoms with van der Waals surface area (Å²) in [6.45, 7) is 3.89. The fourth-order valence-corrected chi connectivity index (χ4v) is 2.23. The first-order valence-electron chi connectivity index (χ1n) is 6.06. The van der Waals surface area contributed by atoms with E-state index in [9.17, 15) is 9.59 Å². The Bertz CT molecular complexity index is 689. The Morgan fingerprint density at radius 1 is 1.32 bits per heavy atom. The number of aryl methyl sites for hydroxylation is 2. The molecule has 1 aromatic carbocycles. The van der Waals surface area contributed by atoms with Gasteiger partial charge in [0.05, 0.1) is 5.56 Å². The molecule has 1 aromatic heterocycles. The van der Waals surface area contributed by atoms with Crippen LogP contribution in [0.3, 0.4) is 0 Å². The molecular formula is C15H14ClNO2. The second-order valence-electron chi connectivity index (χ2n) is 4.32. The predicted molar refractivity (Wildman–Crippen MR) is 76.3 cm³/mol. The van der Waals surface area contributed by atoms with Crippen LogP contribution in [0.2, 0.25) is 0 Å². The van der Waals surface area contributed by atoms with Gasteiger partial charge in [-0.05, 0) is 36.6 Å². The van der Waals surface area contributed by atoms with Crippen LogP contribution >= 0.6 is 11.6 Å². The number of nitrogens with zero attached hydrogens (tertiary/aromatic N) is 1. The Morgan fingerprint density at radius 2 is 2.00 bits per heavy atom. The van der Waals surface area contributed by atoms with Crippen LogP contribution in [-0.2, 0) is 6.42 Å². The zero-order valence-corrected chi connectivity index (χ0v) is 11.6. The SMILES string of the molecule is CCc1ccccc1-n1cc(C(=O)Cl)c(=O)cc1C. The largest absolute Gasteiger partial charge is 0.320 e. The third kappa shape index (κ3) is 2.61. The van der Waals surface area contributed by atoms with E-state index in [0.29, 0.717) is 0 Å². The molecule has 98 valence electrons. The Balaban J connectivity index is 2.72. The summed E-state index contributed by atoms with van der Waals surface area (Å²) in [6, 6.07) is 9.30. The summed E-state index contributed by atoms with van der Waals surface area (Å²) in [5, 5.41) is -0.729. The molecule has 0 N–H and O–H groups in total. The first kappa shape index (κ1) is 13.6. The third-order valence-electron chi connectivity index (χ3n) is 3.09. The van der Waals surface area contributed by atoms with E-state index in [0.717, 1.165) is 23.4 Å². The van der Waals surface area contributed by atoms with Crippen LogP contribution in [0, 0.1) is 6.92 Å². The van der Waals surface area contributed by atoms with Gasteiger partial charge in [0.2, 0.25) is 0 Å². The minimum Gasteiger partial charge on any atom is -0.320 e. The van der Waals surface area contributed by atoms with Crippen LogP contribution in [-0.4, -0.2) is 9.81 Å². The van der Waals surface area contributed by atoms with E-state index in [4.69, 9.17) is 11.6 Å². The summed E-state index contributed by atoms with van der Waals surface area (Å²) >= 11 is 5.44. The van der Waals surface area contributed by atoms with Crippen molar-refractivity contribution >= 4 is 16.8 Å². The van der Waals surface area contributed by atoms with Crippen molar-refractivity contribution in [1.29, 1.82) is 0 Å². The van der Waals surface area contributed by atoms with E-state index in [1.165, 1.54) is 12.3 Å². The zero-order valence-electron chi connectivity index (χ0n) is 10.8. The smallest absolute Gasteiger partial charge is 0.257 e. The first-order valence-corrected chi connectivity index (χ1v) is 6.43. The van der Waals surface area contributed by atoms with E-state index in [-0.39, 0.29) is 11.0 Å². The highest BCUT2D eigenvalue weighted by atomic mass is 35.5. The van der Waals surface area contributed by atoms with E-state index in [1.54, 1.807) is 0 Å². The molecule has 0 unspecified atom stereocenters. The molecule has 0 atom stereocenters. The van der Waals surface area contributed by atoms with Gasteiger partial charge in [-0.15, -0.1) is 0 Å². The second kappa shape index (κ2) is 5.41. The quantitative estimate of drug-likeness (QED) is 0.808. The summed E-state index contributed by atoms with van der Waals surface area (Å²) in [7, 11) is 0. The van der Waals surface area contributed by atoms with Gasteiger partial charge in [0.15, 0.2) is 5.43 Å². The van der Waals surface area contributed by atoms with Crippen molar-refractivity contribution in [1.82, 2.24) is 4.57 Å². The number of hydrogen-bond acceptors (Lipinski definition) is 2. The minimum atomic E-state index is -0.729. The molecular weight excluding hydrogens is 262 g/mol. The standard InChI is InChI=1S/C15H14ClNO2/c1-3-11-6-4-5-7-13(11)17-9-12(15(16)19)14(18)8-10(17)2/h4-9H,3H2,1-2H3. The highest BCUT2D eigenvalue weighted by molar-refractivity contribution is 6.67. The van der Waals surface area contributed by atoms with Crippen LogP contribution in [0.1, 0.15) is 28.5 Å². The highest BCUT2D eigenvalue weighted by Gasteiger charge is 2.12. The molecule has 0 bridgehead atoms. The van der Waals surface area contributed by atoms with Crippen molar-refractivity contribution in [3.63, 3.8) is 0 Å². The Labute approximate surface area is 116 Å². The number of hydrogen-bond donors (Lipinski definition) is 0. The molecule has 19 heavy (non-hydrogen) atoms. The minimum absolute atomic E-state index is 0.00169. The number of carbonyl (C=O) groups excluding carboxylic acids is 1. The van der Waals surface area contributed by atoms with Crippen molar-refractivity contribution in [3.05, 3.63) is 63.6 Å². The van der Waals surface area contributed by atoms with Crippen molar-refractivity contribution in [2.45, 2.75) is 20.3 Å². The maximum Gasteiger partial charge on any atom is 0.257 e. The number of carbonyl (C=O) groups is 1. The van der Waals surface area contributed by atoms with Gasteiger partial charge in [0.25, 0.3) is 5.24 Å². The molecule has 2 rings (SSSR count). The van der Waals surface area contributed by atoms with E-state index < -0.39 is 5.24 Å². The molecule has 0 aliphatic rings. The molecule has 1 heterocycles. The molecule has 0 aliphatic carbocycles. The van der Waals surface area contributed by atoms with Crippen LogP contribution in [0.5, 0.6) is 0 Å². The summed E-state index contributed by atoms with van der Waals surface area (Å²) in [6.07, 6.45) is 2.38. The van der Waals surface area contributed by atoms with Gasteiger partial charge in [-0.1, -0.05) is 25.1 Å². The van der Waals surface area contributed by atoms with Gasteiger partial charge in [-0.25, -0.2) is 0 Å². The molecule has 2 aromatic rings. The average molecular weight is 276 g/mol. The molecule has 4 heteroatoms. The first-order chi connectivity index (χ1) is 9.04. The molecule has 0 spiro atoms. The van der Waals surface area contributed by atoms with Gasteiger partial charge in [0.1, 0.15) is 0 Å².